The summed E-state index contributed by atoms with van der Waals surface area (Å²) in [6.45, 7) is 6.92. The third kappa shape index (κ3) is 7.23. The molecule has 10 aromatic rings. The Balaban J connectivity index is 1.01. The first-order valence-corrected chi connectivity index (χ1v) is 23.6. The Bertz CT molecular complexity index is 3560. The zero-order valence-electron chi connectivity index (χ0n) is 37.8. The van der Waals surface area contributed by atoms with Crippen molar-refractivity contribution in [2.45, 2.75) is 32.6 Å². The lowest BCUT2D eigenvalue weighted by Gasteiger charge is -2.33. The van der Waals surface area contributed by atoms with E-state index in [-0.39, 0.29) is 0 Å². The molecular weight excluding hydrogens is 809 g/mol. The van der Waals surface area contributed by atoms with Gasteiger partial charge in [0.2, 0.25) is 0 Å². The van der Waals surface area contributed by atoms with Crippen molar-refractivity contribution in [3.8, 4) is 50.2 Å². The number of para-hydroxylation sites is 2. The van der Waals surface area contributed by atoms with Gasteiger partial charge in [-0.2, -0.15) is 0 Å². The lowest BCUT2D eigenvalue weighted by Crippen LogP contribution is -2.17. The van der Waals surface area contributed by atoms with Gasteiger partial charge in [-0.15, -0.1) is 0 Å². The summed E-state index contributed by atoms with van der Waals surface area (Å²) in [6.07, 6.45) is 10.5. The quantitative estimate of drug-likeness (QED) is 0.136. The maximum absolute atomic E-state index is 4.83. The number of aromatic nitrogens is 1. The van der Waals surface area contributed by atoms with Gasteiger partial charge in [0.25, 0.3) is 0 Å². The molecule has 2 aliphatic carbocycles. The predicted octanol–water partition coefficient (Wildman–Crippen LogP) is 17.1. The average molecular weight is 859 g/mol. The molecule has 0 atom stereocenters. The Morgan fingerprint density at radius 3 is 1.67 bits per heavy atom. The van der Waals surface area contributed by atoms with E-state index in [1.54, 1.807) is 0 Å². The normalized spacial score (nSPS) is 13.0. The Morgan fingerprint density at radius 2 is 1.03 bits per heavy atom. The second-order valence-corrected chi connectivity index (χ2v) is 18.0. The van der Waals surface area contributed by atoms with Gasteiger partial charge < -0.3 is 9.88 Å². The highest BCUT2D eigenvalue weighted by molar-refractivity contribution is 6.14. The van der Waals surface area contributed by atoms with E-state index in [0.717, 1.165) is 53.8 Å². The van der Waals surface area contributed by atoms with Crippen LogP contribution in [0.15, 0.2) is 225 Å². The van der Waals surface area contributed by atoms with Crippen molar-refractivity contribution in [3.05, 3.63) is 258 Å². The summed E-state index contributed by atoms with van der Waals surface area (Å²) in [5, 5.41) is 6.61. The molecule has 12 rings (SSSR count). The molecule has 1 aromatic heterocycles. The van der Waals surface area contributed by atoms with Gasteiger partial charge >= 0.3 is 0 Å². The summed E-state index contributed by atoms with van der Waals surface area (Å²) < 4.78 is 2.54. The van der Waals surface area contributed by atoms with E-state index in [2.05, 4.69) is 235 Å². The number of aryl methyl sites for hydroxylation is 3. The number of allylic oxidation sites excluding steroid dienone is 5. The van der Waals surface area contributed by atoms with Gasteiger partial charge in [0.1, 0.15) is 0 Å². The first-order valence-electron chi connectivity index (χ1n) is 23.6. The van der Waals surface area contributed by atoms with E-state index < -0.39 is 0 Å². The third-order valence-electron chi connectivity index (χ3n) is 14.0. The largest absolute Gasteiger partial charge is 0.355 e. The van der Waals surface area contributed by atoms with Crippen LogP contribution in [0, 0.1) is 0 Å². The Morgan fingerprint density at radius 1 is 0.507 bits per heavy atom. The predicted molar refractivity (Wildman–Crippen MR) is 285 cm³/mol. The molecule has 0 bridgehead atoms. The molecule has 0 radical (unpaired) electrons. The topological polar surface area (TPSA) is 17.0 Å². The van der Waals surface area contributed by atoms with Crippen LogP contribution in [0.5, 0.6) is 0 Å². The number of fused-ring (bicyclic) bond motifs is 4. The summed E-state index contributed by atoms with van der Waals surface area (Å²) in [5.41, 5.74) is 26.4. The fourth-order valence-electron chi connectivity index (χ4n) is 10.9. The summed E-state index contributed by atoms with van der Waals surface area (Å²) >= 11 is 0. The maximum Gasteiger partial charge on any atom is 0.0579 e. The molecule has 2 heteroatoms. The molecular formula is C65H50N2. The number of anilines is 2. The second-order valence-electron chi connectivity index (χ2n) is 18.0. The van der Waals surface area contributed by atoms with Gasteiger partial charge in [0, 0.05) is 27.7 Å². The van der Waals surface area contributed by atoms with E-state index in [4.69, 9.17) is 6.58 Å². The van der Waals surface area contributed by atoms with Crippen molar-refractivity contribution in [3.63, 3.8) is 0 Å². The zero-order valence-corrected chi connectivity index (χ0v) is 37.8. The number of benzene rings is 9. The number of rotatable bonds is 10. The number of hydrogen-bond acceptors (Lipinski definition) is 1. The molecule has 0 unspecified atom stereocenters. The molecule has 0 spiro atoms. The number of nitrogens with one attached hydrogen (secondary N) is 1. The standard InChI is InChI=1S/C65H50N2/c1-3-16-50(48-29-25-46(26-30-48)44-17-8-4-9-18-44)39-43(2)58-41-52-33-34-53-42-60-59-40-51(49-31-27-47(28-32-49)45-19-10-5-11-20-45)35-38-61(59)67(55-23-14-7-15-24-55)65(60)57-37-36-56(62(52)63(53)57)64(58)66-54-21-12-6-13-22-54/h3-32,35,38-42,66H,2,33-34,36-37H2,1H3/b16-3-,50-39+. The fourth-order valence-corrected chi connectivity index (χ4v) is 10.9. The van der Waals surface area contributed by atoms with Crippen LogP contribution in [0.3, 0.4) is 0 Å². The highest BCUT2D eigenvalue weighted by atomic mass is 15.0. The first-order chi connectivity index (χ1) is 33.1. The minimum Gasteiger partial charge on any atom is -0.355 e. The molecule has 2 aliphatic rings. The van der Waals surface area contributed by atoms with E-state index in [9.17, 15) is 0 Å². The van der Waals surface area contributed by atoms with Crippen LogP contribution in [-0.2, 0) is 25.7 Å². The maximum atomic E-state index is 4.83. The van der Waals surface area contributed by atoms with Gasteiger partial charge in [0.15, 0.2) is 0 Å². The summed E-state index contributed by atoms with van der Waals surface area (Å²) in [5.74, 6) is 0. The van der Waals surface area contributed by atoms with Gasteiger partial charge in [-0.05, 0) is 171 Å². The SMILES string of the molecule is C=C(/C=C(\C=C/C)c1ccc(-c2ccccc2)cc1)c1cc2c3c(c1Nc1ccccc1)CCc1c-3c(cc3c4cc(-c5ccc(-c6ccccc6)cc5)ccc4n(-c4ccccc4)c13)CC2. The lowest BCUT2D eigenvalue weighted by atomic mass is 9.73. The van der Waals surface area contributed by atoms with Crippen molar-refractivity contribution in [1.29, 1.82) is 0 Å². The van der Waals surface area contributed by atoms with Gasteiger partial charge in [-0.3, -0.25) is 0 Å². The number of hydrogen-bond donors (Lipinski definition) is 1. The van der Waals surface area contributed by atoms with Gasteiger partial charge in [0.05, 0.1) is 16.7 Å². The Labute approximate surface area is 393 Å². The van der Waals surface area contributed by atoms with Crippen molar-refractivity contribution in [1.82, 2.24) is 4.57 Å². The lowest BCUT2D eigenvalue weighted by molar-refractivity contribution is 0.880. The first kappa shape index (κ1) is 40.3. The molecule has 1 heterocycles. The van der Waals surface area contributed by atoms with E-state index in [0.29, 0.717) is 0 Å². The Hall–Kier alpha value is -8.20. The average Bonchev–Trinajstić information content (AvgIpc) is 3.72. The van der Waals surface area contributed by atoms with Crippen LogP contribution in [0.2, 0.25) is 0 Å². The molecule has 0 saturated carbocycles. The smallest absolute Gasteiger partial charge is 0.0579 e. The van der Waals surface area contributed by atoms with Crippen molar-refractivity contribution in [2.24, 2.45) is 0 Å². The monoisotopic (exact) mass is 858 g/mol. The molecule has 2 nitrogen and oxygen atoms in total. The van der Waals surface area contributed by atoms with Gasteiger partial charge in [-0.25, -0.2) is 0 Å². The van der Waals surface area contributed by atoms with Crippen LogP contribution in [0.4, 0.5) is 11.4 Å². The zero-order chi connectivity index (χ0) is 44.8. The minimum atomic E-state index is 0.923. The highest BCUT2D eigenvalue weighted by Crippen LogP contribution is 2.52. The molecule has 0 amide bonds. The van der Waals surface area contributed by atoms with Crippen molar-refractivity contribution < 1.29 is 0 Å². The number of nitrogens with zero attached hydrogens (tertiary/aromatic N) is 1. The molecule has 0 aliphatic heterocycles. The molecule has 67 heavy (non-hydrogen) atoms. The van der Waals surface area contributed by atoms with Crippen LogP contribution in [0.25, 0.3) is 83.1 Å². The summed E-state index contributed by atoms with van der Waals surface area (Å²) in [6, 6.07) is 72.9. The molecule has 0 fully saturated rings. The van der Waals surface area contributed by atoms with Crippen LogP contribution in [-0.4, -0.2) is 4.57 Å². The summed E-state index contributed by atoms with van der Waals surface area (Å²) in [4.78, 5) is 0. The summed E-state index contributed by atoms with van der Waals surface area (Å²) in [7, 11) is 0. The van der Waals surface area contributed by atoms with Crippen LogP contribution in [0.1, 0.15) is 40.3 Å². The fraction of sp³-hybridized carbons (Fsp3) is 0.0769. The molecule has 0 saturated heterocycles. The van der Waals surface area contributed by atoms with Crippen molar-refractivity contribution in [2.75, 3.05) is 5.32 Å². The van der Waals surface area contributed by atoms with Crippen molar-refractivity contribution >= 4 is 44.3 Å². The van der Waals surface area contributed by atoms with E-state index in [1.165, 1.54) is 99.8 Å². The van der Waals surface area contributed by atoms with E-state index >= 15 is 0 Å². The highest BCUT2D eigenvalue weighted by Gasteiger charge is 2.33. The molecule has 9 aromatic carbocycles. The minimum absolute atomic E-state index is 0.923. The second kappa shape index (κ2) is 17.0. The third-order valence-corrected chi connectivity index (χ3v) is 14.0. The Kier molecular flexibility index (Phi) is 10.2. The van der Waals surface area contributed by atoms with Crippen LogP contribution >= 0.6 is 0 Å². The van der Waals surface area contributed by atoms with Gasteiger partial charge in [-0.1, -0.05) is 170 Å². The molecule has 1 N–H and O–H groups in total. The van der Waals surface area contributed by atoms with E-state index in [1.807, 2.05) is 0 Å². The molecule has 320 valence electrons. The van der Waals surface area contributed by atoms with Crippen LogP contribution < -0.4 is 5.32 Å².